The molecule has 134 valence electrons. The van der Waals surface area contributed by atoms with E-state index in [1.807, 2.05) is 6.92 Å². The zero-order valence-electron chi connectivity index (χ0n) is 14.2. The highest BCUT2D eigenvalue weighted by molar-refractivity contribution is 7.89. The third kappa shape index (κ3) is 3.66. The molecule has 0 radical (unpaired) electrons. The number of anilines is 1. The monoisotopic (exact) mass is 382 g/mol. The Labute approximate surface area is 152 Å². The first kappa shape index (κ1) is 18.2. The van der Waals surface area contributed by atoms with Crippen molar-refractivity contribution in [3.63, 3.8) is 0 Å². The minimum atomic E-state index is -3.67. The SMILES string of the molecule is Cc1ccc(C)c(N2CCN(S(=O)(=O)c3ccc(F)c(Cl)c3)CC2)c1. The molecular formula is C18H20ClFN2O2S. The van der Waals surface area contributed by atoms with Crippen molar-refractivity contribution >= 4 is 27.3 Å². The third-order valence-electron chi connectivity index (χ3n) is 4.47. The highest BCUT2D eigenvalue weighted by atomic mass is 35.5. The van der Waals surface area contributed by atoms with Gasteiger partial charge in [-0.2, -0.15) is 4.31 Å². The number of hydrogen-bond acceptors (Lipinski definition) is 3. The largest absolute Gasteiger partial charge is 0.369 e. The second-order valence-electron chi connectivity index (χ2n) is 6.26. The molecule has 0 atom stereocenters. The number of rotatable bonds is 3. The maximum atomic E-state index is 13.3. The second-order valence-corrected chi connectivity index (χ2v) is 8.60. The average Bonchev–Trinajstić information content (AvgIpc) is 2.59. The maximum absolute atomic E-state index is 13.3. The predicted octanol–water partition coefficient (Wildman–Crippen LogP) is 3.61. The van der Waals surface area contributed by atoms with Gasteiger partial charge >= 0.3 is 0 Å². The highest BCUT2D eigenvalue weighted by Gasteiger charge is 2.29. The van der Waals surface area contributed by atoms with Gasteiger partial charge in [-0.15, -0.1) is 0 Å². The summed E-state index contributed by atoms with van der Waals surface area (Å²) in [7, 11) is -3.67. The molecule has 0 spiro atoms. The highest BCUT2D eigenvalue weighted by Crippen LogP contribution is 2.26. The van der Waals surface area contributed by atoms with Crippen LogP contribution in [0.1, 0.15) is 11.1 Å². The van der Waals surface area contributed by atoms with Crippen molar-refractivity contribution in [2.45, 2.75) is 18.7 Å². The molecule has 4 nitrogen and oxygen atoms in total. The fourth-order valence-corrected chi connectivity index (χ4v) is 4.71. The lowest BCUT2D eigenvalue weighted by atomic mass is 10.1. The number of nitrogens with zero attached hydrogens (tertiary/aromatic N) is 2. The molecule has 2 aromatic rings. The van der Waals surface area contributed by atoms with Gasteiger partial charge in [0.2, 0.25) is 10.0 Å². The summed E-state index contributed by atoms with van der Waals surface area (Å²) in [6.45, 7) is 6.08. The first-order valence-corrected chi connectivity index (χ1v) is 9.88. The Hall–Kier alpha value is -1.63. The number of benzene rings is 2. The topological polar surface area (TPSA) is 40.6 Å². The van der Waals surface area contributed by atoms with E-state index in [1.165, 1.54) is 27.6 Å². The van der Waals surface area contributed by atoms with E-state index in [-0.39, 0.29) is 9.92 Å². The zero-order chi connectivity index (χ0) is 18.2. The van der Waals surface area contributed by atoms with Gasteiger partial charge in [0.1, 0.15) is 5.82 Å². The summed E-state index contributed by atoms with van der Waals surface area (Å²) in [5.74, 6) is -0.625. The zero-order valence-corrected chi connectivity index (χ0v) is 15.7. The van der Waals surface area contributed by atoms with E-state index in [9.17, 15) is 12.8 Å². The molecule has 0 unspecified atom stereocenters. The van der Waals surface area contributed by atoms with Crippen molar-refractivity contribution in [3.8, 4) is 0 Å². The predicted molar refractivity (Wildman–Crippen MR) is 98.3 cm³/mol. The standard InChI is InChI=1S/C18H20ClFN2O2S/c1-13-3-4-14(2)18(11-13)21-7-9-22(10-8-21)25(23,24)15-5-6-17(20)16(19)12-15/h3-6,11-12H,7-10H2,1-2H3. The molecule has 3 rings (SSSR count). The summed E-state index contributed by atoms with van der Waals surface area (Å²) in [6, 6.07) is 9.78. The number of hydrogen-bond donors (Lipinski definition) is 0. The van der Waals surface area contributed by atoms with Crippen LogP contribution in [0.4, 0.5) is 10.1 Å². The van der Waals surface area contributed by atoms with E-state index in [1.54, 1.807) is 0 Å². The molecule has 1 saturated heterocycles. The van der Waals surface area contributed by atoms with Gasteiger partial charge in [0, 0.05) is 31.9 Å². The molecule has 1 heterocycles. The van der Waals surface area contributed by atoms with Crippen molar-refractivity contribution in [2.24, 2.45) is 0 Å². The van der Waals surface area contributed by atoms with E-state index in [0.29, 0.717) is 26.2 Å². The minimum Gasteiger partial charge on any atom is -0.369 e. The molecule has 7 heteroatoms. The third-order valence-corrected chi connectivity index (χ3v) is 6.66. The van der Waals surface area contributed by atoms with Crippen LogP contribution in [0.2, 0.25) is 5.02 Å². The van der Waals surface area contributed by atoms with E-state index >= 15 is 0 Å². The maximum Gasteiger partial charge on any atom is 0.243 e. The second kappa shape index (κ2) is 6.94. The van der Waals surface area contributed by atoms with Crippen molar-refractivity contribution in [1.29, 1.82) is 0 Å². The molecule has 0 aliphatic carbocycles. The van der Waals surface area contributed by atoms with Crippen LogP contribution in [0.3, 0.4) is 0 Å². The fourth-order valence-electron chi connectivity index (χ4n) is 3.02. The van der Waals surface area contributed by atoms with Crippen molar-refractivity contribution in [2.75, 3.05) is 31.1 Å². The quantitative estimate of drug-likeness (QED) is 0.814. The molecular weight excluding hydrogens is 363 g/mol. The van der Waals surface area contributed by atoms with Gasteiger partial charge in [-0.05, 0) is 49.2 Å². The van der Waals surface area contributed by atoms with Crippen molar-refractivity contribution < 1.29 is 12.8 Å². The first-order chi connectivity index (χ1) is 11.8. The van der Waals surface area contributed by atoms with Crippen LogP contribution < -0.4 is 4.90 Å². The van der Waals surface area contributed by atoms with Gasteiger partial charge < -0.3 is 4.90 Å². The number of halogens is 2. The molecule has 2 aromatic carbocycles. The average molecular weight is 383 g/mol. The Morgan fingerprint density at radius 1 is 1.00 bits per heavy atom. The lowest BCUT2D eigenvalue weighted by molar-refractivity contribution is 0.384. The van der Waals surface area contributed by atoms with Crippen LogP contribution in [0.15, 0.2) is 41.3 Å². The Morgan fingerprint density at radius 2 is 1.68 bits per heavy atom. The Balaban J connectivity index is 1.77. The fraction of sp³-hybridized carbons (Fsp3) is 0.333. The summed E-state index contributed by atoms with van der Waals surface area (Å²) in [5.41, 5.74) is 3.49. The molecule has 0 bridgehead atoms. The van der Waals surface area contributed by atoms with Crippen molar-refractivity contribution in [1.82, 2.24) is 4.31 Å². The Bertz CT molecular complexity index is 894. The van der Waals surface area contributed by atoms with Crippen LogP contribution in [0.5, 0.6) is 0 Å². The van der Waals surface area contributed by atoms with Crippen LogP contribution in [0, 0.1) is 19.7 Å². The van der Waals surface area contributed by atoms with E-state index in [4.69, 9.17) is 11.6 Å². The Morgan fingerprint density at radius 3 is 2.32 bits per heavy atom. The smallest absolute Gasteiger partial charge is 0.243 e. The number of piperazine rings is 1. The Kier molecular flexibility index (Phi) is 5.04. The summed E-state index contributed by atoms with van der Waals surface area (Å²) < 4.78 is 40.2. The van der Waals surface area contributed by atoms with Crippen LogP contribution in [-0.4, -0.2) is 38.9 Å². The lowest BCUT2D eigenvalue weighted by Crippen LogP contribution is -2.48. The van der Waals surface area contributed by atoms with E-state index < -0.39 is 15.8 Å². The molecule has 25 heavy (non-hydrogen) atoms. The molecule has 1 aliphatic heterocycles. The van der Waals surface area contributed by atoms with Crippen molar-refractivity contribution in [3.05, 3.63) is 58.4 Å². The van der Waals surface area contributed by atoms with Gasteiger partial charge in [0.15, 0.2) is 0 Å². The molecule has 0 amide bonds. The van der Waals surface area contributed by atoms with Gasteiger partial charge in [-0.1, -0.05) is 23.7 Å². The van der Waals surface area contributed by atoms with E-state index in [0.717, 1.165) is 11.8 Å². The molecule has 0 aromatic heterocycles. The van der Waals surface area contributed by atoms with Gasteiger partial charge in [0.05, 0.1) is 9.92 Å². The molecule has 1 fully saturated rings. The van der Waals surface area contributed by atoms with Crippen LogP contribution in [0.25, 0.3) is 0 Å². The molecule has 0 N–H and O–H groups in total. The van der Waals surface area contributed by atoms with Crippen LogP contribution in [-0.2, 0) is 10.0 Å². The minimum absolute atomic E-state index is 0.0269. The van der Waals surface area contributed by atoms with Gasteiger partial charge in [-0.3, -0.25) is 0 Å². The normalized spacial score (nSPS) is 16.2. The summed E-state index contributed by atoms with van der Waals surface area (Å²) in [6.07, 6.45) is 0. The lowest BCUT2D eigenvalue weighted by Gasteiger charge is -2.36. The summed E-state index contributed by atoms with van der Waals surface area (Å²) in [4.78, 5) is 2.23. The summed E-state index contributed by atoms with van der Waals surface area (Å²) >= 11 is 5.73. The number of sulfonamides is 1. The van der Waals surface area contributed by atoms with E-state index in [2.05, 4.69) is 30.0 Å². The molecule has 1 aliphatic rings. The van der Waals surface area contributed by atoms with Gasteiger partial charge in [-0.25, -0.2) is 12.8 Å². The number of aryl methyl sites for hydroxylation is 2. The first-order valence-electron chi connectivity index (χ1n) is 8.06. The molecule has 0 saturated carbocycles. The van der Waals surface area contributed by atoms with Gasteiger partial charge in [0.25, 0.3) is 0 Å². The summed E-state index contributed by atoms with van der Waals surface area (Å²) in [5, 5.41) is -0.185. The van der Waals surface area contributed by atoms with Crippen LogP contribution >= 0.6 is 11.6 Å².